The second kappa shape index (κ2) is 9.51. The Bertz CT molecular complexity index is 2450. The van der Waals surface area contributed by atoms with Gasteiger partial charge in [0.1, 0.15) is 5.82 Å². The monoisotopic (exact) mass is 576 g/mol. The van der Waals surface area contributed by atoms with Gasteiger partial charge in [-0.05, 0) is 109 Å². The van der Waals surface area contributed by atoms with Gasteiger partial charge in [0.15, 0.2) is 0 Å². The topological polar surface area (TPSA) is 17.8 Å². The van der Waals surface area contributed by atoms with Crippen molar-refractivity contribution in [2.75, 3.05) is 0 Å². The molecule has 2 heteroatoms. The number of para-hydroxylation sites is 2. The van der Waals surface area contributed by atoms with Crippen LogP contribution in [0.2, 0.25) is 0 Å². The molecule has 1 aliphatic rings. The van der Waals surface area contributed by atoms with E-state index in [1.165, 1.54) is 66.1 Å². The fourth-order valence-corrected chi connectivity index (χ4v) is 7.73. The van der Waals surface area contributed by atoms with E-state index in [0.717, 1.165) is 22.5 Å². The summed E-state index contributed by atoms with van der Waals surface area (Å²) in [7, 11) is 0. The summed E-state index contributed by atoms with van der Waals surface area (Å²) in [6.07, 6.45) is 0. The standard InChI is InChI=1S/C43H32N2/c1-27-44-40-17-8-9-18-41(40)45(27)31-22-19-29(20-23-31)37-26-39-42(35-15-7-6-14-34(35)37)36-24-21-30(25-38(36)43(39,2)3)33-16-10-12-28-11-4-5-13-32(28)33/h4-26H,1-3H3. The first-order valence-corrected chi connectivity index (χ1v) is 15.7. The van der Waals surface area contributed by atoms with Crippen LogP contribution in [-0.2, 0) is 5.41 Å². The van der Waals surface area contributed by atoms with E-state index in [-0.39, 0.29) is 5.41 Å². The number of benzene rings is 7. The van der Waals surface area contributed by atoms with E-state index in [0.29, 0.717) is 0 Å². The summed E-state index contributed by atoms with van der Waals surface area (Å²) in [6, 6.07) is 51.2. The van der Waals surface area contributed by atoms with Crippen molar-refractivity contribution in [2.45, 2.75) is 26.2 Å². The summed E-state index contributed by atoms with van der Waals surface area (Å²) in [5.41, 5.74) is 13.7. The first-order chi connectivity index (χ1) is 22.0. The molecule has 0 fully saturated rings. The lowest BCUT2D eigenvalue weighted by atomic mass is 9.80. The van der Waals surface area contributed by atoms with Crippen molar-refractivity contribution >= 4 is 32.6 Å². The number of fused-ring (bicyclic) bond motifs is 7. The summed E-state index contributed by atoms with van der Waals surface area (Å²) >= 11 is 0. The summed E-state index contributed by atoms with van der Waals surface area (Å²) < 4.78 is 2.24. The minimum atomic E-state index is -0.142. The van der Waals surface area contributed by atoms with Crippen LogP contribution in [0, 0.1) is 6.92 Å². The van der Waals surface area contributed by atoms with Gasteiger partial charge >= 0.3 is 0 Å². The maximum atomic E-state index is 4.79. The molecule has 8 aromatic rings. The quantitative estimate of drug-likeness (QED) is 0.205. The molecular formula is C43H32N2. The second-order valence-corrected chi connectivity index (χ2v) is 12.8. The normalized spacial score (nSPS) is 13.4. The molecule has 1 aliphatic carbocycles. The fraction of sp³-hybridized carbons (Fsp3) is 0.0930. The minimum absolute atomic E-state index is 0.142. The van der Waals surface area contributed by atoms with Gasteiger partial charge in [0.05, 0.1) is 11.0 Å². The maximum absolute atomic E-state index is 4.79. The van der Waals surface area contributed by atoms with Crippen LogP contribution >= 0.6 is 0 Å². The van der Waals surface area contributed by atoms with Gasteiger partial charge in [-0.2, -0.15) is 0 Å². The highest BCUT2D eigenvalue weighted by molar-refractivity contribution is 6.09. The molecule has 0 saturated heterocycles. The molecule has 2 nitrogen and oxygen atoms in total. The predicted molar refractivity (Wildman–Crippen MR) is 189 cm³/mol. The van der Waals surface area contributed by atoms with Crippen molar-refractivity contribution in [3.63, 3.8) is 0 Å². The maximum Gasteiger partial charge on any atom is 0.111 e. The van der Waals surface area contributed by atoms with Crippen LogP contribution in [-0.4, -0.2) is 9.55 Å². The fourth-order valence-electron chi connectivity index (χ4n) is 7.73. The van der Waals surface area contributed by atoms with E-state index in [4.69, 9.17) is 4.98 Å². The molecule has 7 aromatic carbocycles. The molecule has 0 amide bonds. The lowest BCUT2D eigenvalue weighted by Gasteiger charge is -2.23. The van der Waals surface area contributed by atoms with Crippen molar-refractivity contribution in [3.8, 4) is 39.1 Å². The summed E-state index contributed by atoms with van der Waals surface area (Å²) in [5.74, 6) is 0.995. The molecule has 0 spiro atoms. The molecule has 0 radical (unpaired) electrons. The zero-order valence-corrected chi connectivity index (χ0v) is 25.7. The van der Waals surface area contributed by atoms with Crippen molar-refractivity contribution in [2.24, 2.45) is 0 Å². The van der Waals surface area contributed by atoms with Gasteiger partial charge < -0.3 is 0 Å². The average Bonchev–Trinajstić information content (AvgIpc) is 3.53. The number of rotatable bonds is 3. The Balaban J connectivity index is 1.20. The van der Waals surface area contributed by atoms with E-state index in [2.05, 4.69) is 159 Å². The van der Waals surface area contributed by atoms with Crippen LogP contribution in [0.15, 0.2) is 140 Å². The Morgan fingerprint density at radius 1 is 0.533 bits per heavy atom. The van der Waals surface area contributed by atoms with E-state index in [1.807, 2.05) is 6.07 Å². The third kappa shape index (κ3) is 3.79. The van der Waals surface area contributed by atoms with Gasteiger partial charge in [0, 0.05) is 11.1 Å². The number of hydrogen-bond donors (Lipinski definition) is 0. The molecule has 0 bridgehead atoms. The molecule has 0 aliphatic heterocycles. The highest BCUT2D eigenvalue weighted by Crippen LogP contribution is 2.54. The van der Waals surface area contributed by atoms with E-state index in [1.54, 1.807) is 0 Å². The smallest absolute Gasteiger partial charge is 0.111 e. The van der Waals surface area contributed by atoms with Crippen molar-refractivity contribution in [1.29, 1.82) is 0 Å². The van der Waals surface area contributed by atoms with Crippen LogP contribution in [0.4, 0.5) is 0 Å². The molecule has 0 atom stereocenters. The Labute approximate surface area is 263 Å². The first-order valence-electron chi connectivity index (χ1n) is 15.7. The zero-order valence-electron chi connectivity index (χ0n) is 25.7. The Morgan fingerprint density at radius 2 is 1.22 bits per heavy atom. The number of aryl methyl sites for hydroxylation is 1. The number of imidazole rings is 1. The predicted octanol–water partition coefficient (Wildman–Crippen LogP) is 11.3. The van der Waals surface area contributed by atoms with Gasteiger partial charge in [-0.1, -0.05) is 117 Å². The lowest BCUT2D eigenvalue weighted by molar-refractivity contribution is 0.661. The zero-order chi connectivity index (χ0) is 30.3. The highest BCUT2D eigenvalue weighted by Gasteiger charge is 2.37. The molecule has 0 unspecified atom stereocenters. The highest BCUT2D eigenvalue weighted by atomic mass is 15.1. The molecule has 0 N–H and O–H groups in total. The summed E-state index contributed by atoms with van der Waals surface area (Å²) in [5, 5.41) is 5.17. The van der Waals surface area contributed by atoms with Crippen LogP contribution in [0.1, 0.15) is 30.8 Å². The third-order valence-electron chi connectivity index (χ3n) is 9.95. The second-order valence-electron chi connectivity index (χ2n) is 12.8. The minimum Gasteiger partial charge on any atom is -0.297 e. The van der Waals surface area contributed by atoms with Crippen LogP contribution in [0.5, 0.6) is 0 Å². The van der Waals surface area contributed by atoms with Crippen molar-refractivity contribution < 1.29 is 0 Å². The van der Waals surface area contributed by atoms with Crippen LogP contribution in [0.3, 0.4) is 0 Å². The number of aromatic nitrogens is 2. The molecule has 214 valence electrons. The first kappa shape index (κ1) is 26.0. The van der Waals surface area contributed by atoms with E-state index < -0.39 is 0 Å². The van der Waals surface area contributed by atoms with Crippen molar-refractivity contribution in [3.05, 3.63) is 156 Å². The SMILES string of the molecule is Cc1nc2ccccc2n1-c1ccc(-c2cc3c(c4ccccc24)-c2ccc(-c4cccc5ccccc45)cc2C3(C)C)cc1. The lowest BCUT2D eigenvalue weighted by Crippen LogP contribution is -2.15. The van der Waals surface area contributed by atoms with Gasteiger partial charge in [0.2, 0.25) is 0 Å². The van der Waals surface area contributed by atoms with Crippen LogP contribution in [0.25, 0.3) is 71.6 Å². The Kier molecular flexibility index (Phi) is 5.49. The van der Waals surface area contributed by atoms with E-state index >= 15 is 0 Å². The summed E-state index contributed by atoms with van der Waals surface area (Å²) in [6.45, 7) is 6.85. The molecule has 9 rings (SSSR count). The molecule has 1 aromatic heterocycles. The van der Waals surface area contributed by atoms with Crippen molar-refractivity contribution in [1.82, 2.24) is 9.55 Å². The van der Waals surface area contributed by atoms with Gasteiger partial charge in [0.25, 0.3) is 0 Å². The number of hydrogen-bond acceptors (Lipinski definition) is 1. The van der Waals surface area contributed by atoms with Gasteiger partial charge in [-0.15, -0.1) is 0 Å². The molecular weight excluding hydrogens is 544 g/mol. The number of nitrogens with zero attached hydrogens (tertiary/aromatic N) is 2. The third-order valence-corrected chi connectivity index (χ3v) is 9.95. The molecule has 0 saturated carbocycles. The van der Waals surface area contributed by atoms with Crippen LogP contribution < -0.4 is 0 Å². The Hall–Kier alpha value is -5.47. The van der Waals surface area contributed by atoms with Gasteiger partial charge in [-0.3, -0.25) is 4.57 Å². The van der Waals surface area contributed by atoms with Gasteiger partial charge in [-0.25, -0.2) is 4.98 Å². The van der Waals surface area contributed by atoms with E-state index in [9.17, 15) is 0 Å². The average molecular weight is 577 g/mol. The largest absolute Gasteiger partial charge is 0.297 e. The summed E-state index contributed by atoms with van der Waals surface area (Å²) in [4.78, 5) is 4.79. The molecule has 45 heavy (non-hydrogen) atoms. The Morgan fingerprint density at radius 3 is 2.07 bits per heavy atom. The molecule has 1 heterocycles.